The SMILES string of the molecule is CSc1nc(Cl)c2ncn(C3O[C@H](COC(C)=O)[C@@H](OC(C)=O)[C@H]3OC(C)=O)c2n1. The normalized spacial score (nSPS) is 23.4. The predicted molar refractivity (Wildman–Crippen MR) is 104 cm³/mol. The number of fused-ring (bicyclic) bond motifs is 1. The summed E-state index contributed by atoms with van der Waals surface area (Å²) in [5, 5.41) is 0.558. The number of esters is 3. The molecule has 4 atom stereocenters. The highest BCUT2D eigenvalue weighted by Gasteiger charge is 2.51. The van der Waals surface area contributed by atoms with Gasteiger partial charge in [-0.05, 0) is 6.26 Å². The van der Waals surface area contributed by atoms with Gasteiger partial charge in [0.05, 0.1) is 6.33 Å². The van der Waals surface area contributed by atoms with Crippen molar-refractivity contribution in [2.75, 3.05) is 12.9 Å². The third kappa shape index (κ3) is 4.65. The molecule has 162 valence electrons. The fourth-order valence-electron chi connectivity index (χ4n) is 3.06. The van der Waals surface area contributed by atoms with E-state index in [0.717, 1.165) is 0 Å². The largest absolute Gasteiger partial charge is 0.463 e. The minimum absolute atomic E-state index is 0.151. The van der Waals surface area contributed by atoms with Gasteiger partial charge in [-0.25, -0.2) is 15.0 Å². The third-order valence-electron chi connectivity index (χ3n) is 4.16. The zero-order valence-corrected chi connectivity index (χ0v) is 18.1. The van der Waals surface area contributed by atoms with Crippen LogP contribution >= 0.6 is 23.4 Å². The Bertz CT molecular complexity index is 984. The maximum atomic E-state index is 11.8. The van der Waals surface area contributed by atoms with Crippen LogP contribution in [0.15, 0.2) is 11.5 Å². The first-order valence-electron chi connectivity index (χ1n) is 8.78. The number of thioether (sulfide) groups is 1. The summed E-state index contributed by atoms with van der Waals surface area (Å²) in [6.07, 6.45) is -0.722. The van der Waals surface area contributed by atoms with E-state index in [1.54, 1.807) is 6.26 Å². The standard InChI is InChI=1S/C17H19ClN4O7S/c1-7(23)26-5-10-12(27-8(2)24)13(28-9(3)25)16(29-10)22-6-19-11-14(18)20-17(30-4)21-15(11)22/h6,10,12-13,16H,5H2,1-4H3/t10-,12-,13-,16?/m1/s1. The van der Waals surface area contributed by atoms with Gasteiger partial charge in [-0.15, -0.1) is 0 Å². The highest BCUT2D eigenvalue weighted by atomic mass is 35.5. The Morgan fingerprint density at radius 3 is 2.40 bits per heavy atom. The van der Waals surface area contributed by atoms with Crippen molar-refractivity contribution in [3.05, 3.63) is 11.5 Å². The van der Waals surface area contributed by atoms with Gasteiger partial charge in [-0.1, -0.05) is 23.4 Å². The molecule has 3 heterocycles. The Kier molecular flexibility index (Phi) is 6.78. The number of hydrogen-bond donors (Lipinski definition) is 0. The molecule has 0 amide bonds. The highest BCUT2D eigenvalue weighted by Crippen LogP contribution is 2.36. The maximum absolute atomic E-state index is 11.8. The zero-order valence-electron chi connectivity index (χ0n) is 16.5. The van der Waals surface area contributed by atoms with Crippen LogP contribution in [0.4, 0.5) is 0 Å². The quantitative estimate of drug-likeness (QED) is 0.205. The van der Waals surface area contributed by atoms with Gasteiger partial charge >= 0.3 is 17.9 Å². The molecule has 1 saturated heterocycles. The second kappa shape index (κ2) is 9.14. The number of aromatic nitrogens is 4. The summed E-state index contributed by atoms with van der Waals surface area (Å²) in [5.74, 6) is -1.76. The van der Waals surface area contributed by atoms with Crippen LogP contribution in [0.25, 0.3) is 11.2 Å². The van der Waals surface area contributed by atoms with Crippen molar-refractivity contribution in [2.45, 2.75) is 50.5 Å². The molecule has 11 nitrogen and oxygen atoms in total. The van der Waals surface area contributed by atoms with Gasteiger partial charge in [0.25, 0.3) is 0 Å². The fourth-order valence-corrected chi connectivity index (χ4v) is 3.68. The van der Waals surface area contributed by atoms with Gasteiger partial charge in [0.1, 0.15) is 18.2 Å². The minimum Gasteiger partial charge on any atom is -0.463 e. The summed E-state index contributed by atoms with van der Waals surface area (Å²) >= 11 is 7.48. The van der Waals surface area contributed by atoms with Crippen LogP contribution in [0.2, 0.25) is 5.15 Å². The summed E-state index contributed by atoms with van der Waals surface area (Å²) < 4.78 is 23.3. The van der Waals surface area contributed by atoms with E-state index in [9.17, 15) is 14.4 Å². The second-order valence-corrected chi connectivity index (χ2v) is 7.47. The van der Waals surface area contributed by atoms with E-state index in [0.29, 0.717) is 16.3 Å². The summed E-state index contributed by atoms with van der Waals surface area (Å²) in [4.78, 5) is 47.4. The molecule has 1 aliphatic rings. The molecule has 1 aliphatic heterocycles. The van der Waals surface area contributed by atoms with Gasteiger partial charge in [0, 0.05) is 20.8 Å². The van der Waals surface area contributed by atoms with Crippen molar-refractivity contribution in [3.63, 3.8) is 0 Å². The summed E-state index contributed by atoms with van der Waals surface area (Å²) in [5.41, 5.74) is 0.670. The first kappa shape index (κ1) is 22.2. The average Bonchev–Trinajstić information content (AvgIpc) is 3.21. The van der Waals surface area contributed by atoms with Gasteiger partial charge in [0.2, 0.25) is 0 Å². The number of hydrogen-bond acceptors (Lipinski definition) is 11. The Labute approximate surface area is 180 Å². The summed E-state index contributed by atoms with van der Waals surface area (Å²) in [6, 6.07) is 0. The van der Waals surface area contributed by atoms with Crippen LogP contribution in [0.1, 0.15) is 27.0 Å². The van der Waals surface area contributed by atoms with E-state index in [4.69, 9.17) is 30.5 Å². The van der Waals surface area contributed by atoms with Crippen LogP contribution < -0.4 is 0 Å². The van der Waals surface area contributed by atoms with Crippen LogP contribution in [-0.2, 0) is 33.3 Å². The number of carbonyl (C=O) groups excluding carboxylic acids is 3. The molecule has 2 aromatic rings. The first-order valence-corrected chi connectivity index (χ1v) is 10.4. The van der Waals surface area contributed by atoms with Crippen molar-refractivity contribution in [3.8, 4) is 0 Å². The molecule has 0 bridgehead atoms. The molecular formula is C17H19ClN4O7S. The molecule has 0 N–H and O–H groups in total. The molecule has 0 radical (unpaired) electrons. The molecule has 13 heteroatoms. The molecule has 2 aromatic heterocycles. The molecule has 30 heavy (non-hydrogen) atoms. The van der Waals surface area contributed by atoms with E-state index in [2.05, 4.69) is 15.0 Å². The monoisotopic (exact) mass is 458 g/mol. The van der Waals surface area contributed by atoms with Gasteiger partial charge < -0.3 is 18.9 Å². The van der Waals surface area contributed by atoms with Gasteiger partial charge in [0.15, 0.2) is 34.4 Å². The number of ether oxygens (including phenoxy) is 4. The Morgan fingerprint density at radius 1 is 1.13 bits per heavy atom. The highest BCUT2D eigenvalue weighted by molar-refractivity contribution is 7.98. The van der Waals surface area contributed by atoms with Crippen LogP contribution in [0.3, 0.4) is 0 Å². The maximum Gasteiger partial charge on any atom is 0.303 e. The molecule has 0 saturated carbocycles. The molecule has 0 spiro atoms. The summed E-state index contributed by atoms with van der Waals surface area (Å²) in [6.45, 7) is 3.46. The predicted octanol–water partition coefficient (Wildman–Crippen LogP) is 1.53. The van der Waals surface area contributed by atoms with Crippen molar-refractivity contribution < 1.29 is 33.3 Å². The lowest BCUT2D eigenvalue weighted by molar-refractivity contribution is -0.166. The van der Waals surface area contributed by atoms with Crippen molar-refractivity contribution in [2.24, 2.45) is 0 Å². The van der Waals surface area contributed by atoms with Crippen LogP contribution in [0, 0.1) is 0 Å². The minimum atomic E-state index is -1.05. The fraction of sp³-hybridized carbons (Fsp3) is 0.529. The number of carbonyl (C=O) groups is 3. The summed E-state index contributed by atoms with van der Waals surface area (Å²) in [7, 11) is 0. The van der Waals surface area contributed by atoms with E-state index in [-0.39, 0.29) is 11.8 Å². The van der Waals surface area contributed by atoms with E-state index >= 15 is 0 Å². The smallest absolute Gasteiger partial charge is 0.303 e. The van der Waals surface area contributed by atoms with E-state index < -0.39 is 42.4 Å². The van der Waals surface area contributed by atoms with Crippen LogP contribution in [0.5, 0.6) is 0 Å². The first-order chi connectivity index (χ1) is 14.2. The van der Waals surface area contributed by atoms with Crippen LogP contribution in [-0.4, -0.2) is 68.6 Å². The molecular weight excluding hydrogens is 440 g/mol. The number of rotatable bonds is 6. The third-order valence-corrected chi connectivity index (χ3v) is 4.97. The lowest BCUT2D eigenvalue weighted by Gasteiger charge is -2.23. The van der Waals surface area contributed by atoms with Gasteiger partial charge in [-0.2, -0.15) is 0 Å². The van der Waals surface area contributed by atoms with Gasteiger partial charge in [-0.3, -0.25) is 19.0 Å². The Balaban J connectivity index is 2.05. The molecule has 1 unspecified atom stereocenters. The lowest BCUT2D eigenvalue weighted by Crippen LogP contribution is -2.40. The Hall–Kier alpha value is -2.44. The molecule has 0 aromatic carbocycles. The molecule has 0 aliphatic carbocycles. The van der Waals surface area contributed by atoms with E-state index in [1.807, 2.05) is 0 Å². The molecule has 1 fully saturated rings. The second-order valence-electron chi connectivity index (χ2n) is 6.34. The number of nitrogens with zero attached hydrogens (tertiary/aromatic N) is 4. The van der Waals surface area contributed by atoms with Crippen molar-refractivity contribution >= 4 is 52.4 Å². The molecule has 3 rings (SSSR count). The average molecular weight is 459 g/mol. The lowest BCUT2D eigenvalue weighted by atomic mass is 10.1. The van der Waals surface area contributed by atoms with Crippen molar-refractivity contribution in [1.82, 2.24) is 19.5 Å². The topological polar surface area (TPSA) is 132 Å². The Morgan fingerprint density at radius 2 is 1.80 bits per heavy atom. The van der Waals surface area contributed by atoms with E-state index in [1.165, 1.54) is 43.4 Å². The number of imidazole rings is 1. The van der Waals surface area contributed by atoms with Crippen molar-refractivity contribution in [1.29, 1.82) is 0 Å². The zero-order chi connectivity index (χ0) is 22.0. The number of halogens is 1.